The second kappa shape index (κ2) is 7.84. The van der Waals surface area contributed by atoms with Crippen LogP contribution in [-0.2, 0) is 14.3 Å². The summed E-state index contributed by atoms with van der Waals surface area (Å²) in [6, 6.07) is 9.60. The first kappa shape index (κ1) is 17.8. The average molecular weight is 342 g/mol. The quantitative estimate of drug-likeness (QED) is 0.505. The van der Waals surface area contributed by atoms with Gasteiger partial charge in [0.15, 0.2) is 0 Å². The highest BCUT2D eigenvalue weighted by Crippen LogP contribution is 2.41. The minimum atomic E-state index is -1.08. The molecule has 124 valence electrons. The molecule has 0 fully saturated rings. The summed E-state index contributed by atoms with van der Waals surface area (Å²) < 4.78 is 4.81. The van der Waals surface area contributed by atoms with E-state index in [-0.39, 0.29) is 0 Å². The van der Waals surface area contributed by atoms with Gasteiger partial charge in [-0.3, -0.25) is 9.59 Å². The number of carbonyl (C=O) groups is 2. The predicted octanol–water partition coefficient (Wildman–Crippen LogP) is 2.65. The Hall–Kier alpha value is -2.52. The first-order valence-electron chi connectivity index (χ1n) is 7.37. The molecule has 1 aromatic carbocycles. The molecule has 1 aliphatic rings. The summed E-state index contributed by atoms with van der Waals surface area (Å²) in [4.78, 5) is 24.7. The first-order chi connectivity index (χ1) is 11.5. The number of aryl methyl sites for hydroxylation is 1. The number of thioether (sulfide) groups is 1. The maximum atomic E-state index is 12.5. The van der Waals surface area contributed by atoms with Gasteiger partial charge in [-0.1, -0.05) is 30.3 Å². The van der Waals surface area contributed by atoms with Crippen molar-refractivity contribution in [3.05, 3.63) is 58.6 Å². The van der Waals surface area contributed by atoms with Crippen LogP contribution >= 0.6 is 11.8 Å². The van der Waals surface area contributed by atoms with Crippen molar-refractivity contribution in [1.82, 2.24) is 5.32 Å². The number of benzene rings is 1. The SMILES string of the molecule is C=CCSC1=C(C#N)[C@H](c2ccccc2C)[C@@H](C(=O)OC)C(=O)N1. The number of hydrogen-bond donors (Lipinski definition) is 1. The zero-order valence-electron chi connectivity index (χ0n) is 13.5. The number of rotatable bonds is 5. The van der Waals surface area contributed by atoms with Crippen molar-refractivity contribution in [3.63, 3.8) is 0 Å². The summed E-state index contributed by atoms with van der Waals surface area (Å²) in [7, 11) is 1.24. The highest BCUT2D eigenvalue weighted by Gasteiger charge is 2.44. The van der Waals surface area contributed by atoms with Gasteiger partial charge in [0.1, 0.15) is 5.92 Å². The molecule has 0 aromatic heterocycles. The van der Waals surface area contributed by atoms with Crippen molar-refractivity contribution in [2.45, 2.75) is 12.8 Å². The molecular weight excluding hydrogens is 324 g/mol. The number of nitrogens with zero attached hydrogens (tertiary/aromatic N) is 1. The van der Waals surface area contributed by atoms with Crippen LogP contribution in [0.2, 0.25) is 0 Å². The molecule has 0 aliphatic carbocycles. The third-order valence-electron chi connectivity index (χ3n) is 3.85. The Morgan fingerprint density at radius 3 is 2.79 bits per heavy atom. The first-order valence-corrected chi connectivity index (χ1v) is 8.35. The van der Waals surface area contributed by atoms with Crippen molar-refractivity contribution < 1.29 is 14.3 Å². The molecule has 0 bridgehead atoms. The molecule has 5 nitrogen and oxygen atoms in total. The highest BCUT2D eigenvalue weighted by atomic mass is 32.2. The Balaban J connectivity index is 2.65. The summed E-state index contributed by atoms with van der Waals surface area (Å²) in [5.41, 5.74) is 2.05. The van der Waals surface area contributed by atoms with Crippen molar-refractivity contribution in [2.24, 2.45) is 5.92 Å². The molecular formula is C18H18N2O3S. The maximum Gasteiger partial charge on any atom is 0.319 e. The van der Waals surface area contributed by atoms with E-state index >= 15 is 0 Å². The van der Waals surface area contributed by atoms with Gasteiger partial charge in [-0.25, -0.2) is 0 Å². The fourth-order valence-electron chi connectivity index (χ4n) is 2.73. The third-order valence-corrected chi connectivity index (χ3v) is 4.87. The number of hydrogen-bond acceptors (Lipinski definition) is 5. The van der Waals surface area contributed by atoms with Gasteiger partial charge in [0.05, 0.1) is 23.8 Å². The average Bonchev–Trinajstić information content (AvgIpc) is 2.59. The predicted molar refractivity (Wildman–Crippen MR) is 92.9 cm³/mol. The highest BCUT2D eigenvalue weighted by molar-refractivity contribution is 8.03. The fraction of sp³-hybridized carbons (Fsp3) is 0.278. The van der Waals surface area contributed by atoms with Crippen molar-refractivity contribution >= 4 is 23.6 Å². The number of methoxy groups -OCH3 is 1. The lowest BCUT2D eigenvalue weighted by atomic mass is 9.77. The lowest BCUT2D eigenvalue weighted by molar-refractivity contribution is -0.150. The van der Waals surface area contributed by atoms with Gasteiger partial charge in [0, 0.05) is 11.7 Å². The van der Waals surface area contributed by atoms with E-state index in [9.17, 15) is 14.9 Å². The maximum absolute atomic E-state index is 12.5. The van der Waals surface area contributed by atoms with Crippen LogP contribution in [0.1, 0.15) is 17.0 Å². The Morgan fingerprint density at radius 2 is 2.21 bits per heavy atom. The van der Waals surface area contributed by atoms with Crippen LogP contribution in [0.25, 0.3) is 0 Å². The number of nitrogens with one attached hydrogen (secondary N) is 1. The molecule has 1 aromatic rings. The van der Waals surface area contributed by atoms with E-state index in [0.29, 0.717) is 16.4 Å². The van der Waals surface area contributed by atoms with Gasteiger partial charge in [0.2, 0.25) is 5.91 Å². The van der Waals surface area contributed by atoms with Crippen LogP contribution < -0.4 is 5.32 Å². The molecule has 0 unspecified atom stereocenters. The van der Waals surface area contributed by atoms with E-state index in [1.54, 1.807) is 6.08 Å². The zero-order chi connectivity index (χ0) is 17.7. The lowest BCUT2D eigenvalue weighted by Gasteiger charge is -2.31. The van der Waals surface area contributed by atoms with Crippen LogP contribution in [0.5, 0.6) is 0 Å². The number of ether oxygens (including phenoxy) is 1. The normalized spacial score (nSPS) is 20.1. The van der Waals surface area contributed by atoms with Gasteiger partial charge in [-0.2, -0.15) is 5.26 Å². The lowest BCUT2D eigenvalue weighted by Crippen LogP contribution is -2.44. The van der Waals surface area contributed by atoms with Gasteiger partial charge < -0.3 is 10.1 Å². The second-order valence-corrected chi connectivity index (χ2v) is 6.31. The van der Waals surface area contributed by atoms with E-state index in [0.717, 1.165) is 11.1 Å². The molecule has 0 saturated heterocycles. The third kappa shape index (κ3) is 3.36. The zero-order valence-corrected chi connectivity index (χ0v) is 14.4. The number of amides is 1. The largest absolute Gasteiger partial charge is 0.468 e. The van der Waals surface area contributed by atoms with Gasteiger partial charge in [-0.05, 0) is 18.1 Å². The van der Waals surface area contributed by atoms with E-state index < -0.39 is 23.7 Å². The summed E-state index contributed by atoms with van der Waals surface area (Å²) >= 11 is 1.31. The van der Waals surface area contributed by atoms with E-state index in [4.69, 9.17) is 4.74 Å². The molecule has 6 heteroatoms. The van der Waals surface area contributed by atoms with Crippen LogP contribution in [0.3, 0.4) is 0 Å². The van der Waals surface area contributed by atoms with Crippen molar-refractivity contribution in [2.75, 3.05) is 12.9 Å². The Morgan fingerprint density at radius 1 is 1.50 bits per heavy atom. The summed E-state index contributed by atoms with van der Waals surface area (Å²) in [5.74, 6) is -2.31. The summed E-state index contributed by atoms with van der Waals surface area (Å²) in [6.07, 6.45) is 1.69. The van der Waals surface area contributed by atoms with E-state index in [1.165, 1.54) is 18.9 Å². The minimum absolute atomic E-state index is 0.367. The van der Waals surface area contributed by atoms with E-state index in [2.05, 4.69) is 18.0 Å². The molecule has 24 heavy (non-hydrogen) atoms. The number of esters is 1. The molecule has 0 radical (unpaired) electrons. The molecule has 1 N–H and O–H groups in total. The van der Waals surface area contributed by atoms with Crippen LogP contribution in [0, 0.1) is 24.2 Å². The Bertz CT molecular complexity index is 749. The van der Waals surface area contributed by atoms with Gasteiger partial charge >= 0.3 is 5.97 Å². The van der Waals surface area contributed by atoms with Crippen LogP contribution in [0.15, 0.2) is 47.5 Å². The van der Waals surface area contributed by atoms with Gasteiger partial charge in [0.25, 0.3) is 0 Å². The van der Waals surface area contributed by atoms with Crippen molar-refractivity contribution in [1.29, 1.82) is 5.26 Å². The molecule has 1 amide bonds. The van der Waals surface area contributed by atoms with Gasteiger partial charge in [-0.15, -0.1) is 18.3 Å². The molecule has 1 heterocycles. The fourth-order valence-corrected chi connectivity index (χ4v) is 3.52. The Kier molecular flexibility index (Phi) is 5.83. The number of carbonyl (C=O) groups excluding carboxylic acids is 2. The minimum Gasteiger partial charge on any atom is -0.468 e. The summed E-state index contributed by atoms with van der Waals surface area (Å²) in [5, 5.41) is 12.8. The monoisotopic (exact) mass is 342 g/mol. The topological polar surface area (TPSA) is 79.2 Å². The molecule has 2 rings (SSSR count). The van der Waals surface area contributed by atoms with E-state index in [1.807, 2.05) is 31.2 Å². The standard InChI is InChI=1S/C18H18N2O3S/c1-4-9-24-17-13(10-19)14(12-8-6-5-7-11(12)2)15(16(21)20-17)18(22)23-3/h4-8,14-15H,1,9H2,2-3H3,(H,20,21)/t14-,15+/m0/s1. The molecule has 1 aliphatic heterocycles. The number of allylic oxidation sites excluding steroid dienone is 1. The molecule has 0 saturated carbocycles. The van der Waals surface area contributed by atoms with Crippen LogP contribution in [0.4, 0.5) is 0 Å². The van der Waals surface area contributed by atoms with Crippen LogP contribution in [-0.4, -0.2) is 24.7 Å². The molecule has 0 spiro atoms. The summed E-state index contributed by atoms with van der Waals surface area (Å²) in [6.45, 7) is 5.54. The Labute approximate surface area is 145 Å². The number of nitriles is 1. The smallest absolute Gasteiger partial charge is 0.319 e. The van der Waals surface area contributed by atoms with Crippen molar-refractivity contribution in [3.8, 4) is 6.07 Å². The second-order valence-electron chi connectivity index (χ2n) is 5.28. The molecule has 2 atom stereocenters.